The summed E-state index contributed by atoms with van der Waals surface area (Å²) < 4.78 is 5.46. The molecule has 3 aromatic rings. The molecule has 9 nitrogen and oxygen atoms in total. The summed E-state index contributed by atoms with van der Waals surface area (Å²) in [5.74, 6) is 0.465. The Labute approximate surface area is 276 Å². The Bertz CT molecular complexity index is 1310. The lowest BCUT2D eigenvalue weighted by Gasteiger charge is -2.27. The molecule has 1 aromatic carbocycles. The van der Waals surface area contributed by atoms with Gasteiger partial charge in [0, 0.05) is 37.0 Å². The van der Waals surface area contributed by atoms with E-state index in [0.717, 1.165) is 40.4 Å². The monoisotopic (exact) mass is 655 g/mol. The van der Waals surface area contributed by atoms with Gasteiger partial charge in [-0.05, 0) is 36.7 Å². The number of benzene rings is 1. The molecule has 0 spiro atoms. The van der Waals surface area contributed by atoms with Gasteiger partial charge in [-0.2, -0.15) is 0 Å². The number of aromatic nitrogens is 2. The third-order valence-electron chi connectivity index (χ3n) is 7.69. The van der Waals surface area contributed by atoms with E-state index in [2.05, 4.69) is 53.5 Å². The number of thiazole rings is 2. The summed E-state index contributed by atoms with van der Waals surface area (Å²) in [6, 6.07) is 9.05. The number of nitrogens with zero attached hydrogens (tertiary/aromatic N) is 3. The highest BCUT2D eigenvalue weighted by Crippen LogP contribution is 2.23. The molecule has 0 aliphatic carbocycles. The quantitative estimate of drug-likeness (QED) is 0.146. The van der Waals surface area contributed by atoms with Crippen LogP contribution in [0.25, 0.3) is 0 Å². The molecule has 0 aliphatic rings. The third kappa shape index (κ3) is 12.5. The number of carbonyl (C=O) groups is 3. The molecule has 246 valence electrons. The van der Waals surface area contributed by atoms with Gasteiger partial charge in [-0.1, -0.05) is 77.8 Å². The minimum absolute atomic E-state index is 0.0393. The summed E-state index contributed by atoms with van der Waals surface area (Å²) in [6.07, 6.45) is 5.58. The molecule has 2 heterocycles. The van der Waals surface area contributed by atoms with Crippen LogP contribution < -0.4 is 10.6 Å². The van der Waals surface area contributed by atoms with Crippen molar-refractivity contribution in [2.45, 2.75) is 104 Å². The first-order valence-electron chi connectivity index (χ1n) is 15.9. The van der Waals surface area contributed by atoms with Crippen molar-refractivity contribution in [3.63, 3.8) is 0 Å². The van der Waals surface area contributed by atoms with Crippen molar-refractivity contribution < 1.29 is 19.1 Å². The van der Waals surface area contributed by atoms with Crippen LogP contribution in [0.2, 0.25) is 0 Å². The summed E-state index contributed by atoms with van der Waals surface area (Å²) in [5.41, 5.74) is 3.68. The molecule has 0 unspecified atom stereocenters. The predicted molar refractivity (Wildman–Crippen MR) is 181 cm³/mol. The molecule has 0 saturated heterocycles. The van der Waals surface area contributed by atoms with Crippen molar-refractivity contribution in [3.8, 4) is 0 Å². The molecule has 11 heteroatoms. The van der Waals surface area contributed by atoms with Crippen molar-refractivity contribution in [2.75, 3.05) is 7.05 Å². The van der Waals surface area contributed by atoms with E-state index in [1.807, 2.05) is 37.4 Å². The molecule has 45 heavy (non-hydrogen) atoms. The highest BCUT2D eigenvalue weighted by atomic mass is 32.1. The standard InChI is InChI=1S/C34H49N5O4S2/c1-7-11-25(14-15-27(16-26-12-9-8-10-13-26)37-34(42)43-20-29-18-35-22-45-29)17-30(40)31(23(2)3)38-33(41)39(6)19-28-21-44-32(36-28)24(4)5/h8-10,12-13,18,21-25,27,31H,7,11,14-17,19-20H2,1-6H3,(H,37,42)(H,38,41)/t25-,27+,31-/m0/s1. The second-order valence-corrected chi connectivity index (χ2v) is 14.2. The first-order chi connectivity index (χ1) is 21.5. The second-order valence-electron chi connectivity index (χ2n) is 12.3. The number of ketones is 1. The smallest absolute Gasteiger partial charge is 0.407 e. The fraction of sp³-hybridized carbons (Fsp3) is 0.559. The highest BCUT2D eigenvalue weighted by molar-refractivity contribution is 7.09. The maximum atomic E-state index is 13.6. The first kappa shape index (κ1) is 36.2. The van der Waals surface area contributed by atoms with E-state index in [0.29, 0.717) is 31.7 Å². The van der Waals surface area contributed by atoms with Crippen LogP contribution >= 0.6 is 22.7 Å². The number of Topliss-reactive ketones (excluding diaryl/α,β-unsaturated/α-hetero) is 1. The van der Waals surface area contributed by atoms with Crippen LogP contribution in [0.5, 0.6) is 0 Å². The van der Waals surface area contributed by atoms with Crippen LogP contribution in [0.4, 0.5) is 9.59 Å². The number of amides is 3. The predicted octanol–water partition coefficient (Wildman–Crippen LogP) is 7.58. The number of nitrogens with one attached hydrogen (secondary N) is 2. The number of hydrogen-bond acceptors (Lipinski definition) is 8. The summed E-state index contributed by atoms with van der Waals surface area (Å²) in [4.78, 5) is 50.6. The van der Waals surface area contributed by atoms with Gasteiger partial charge in [0.2, 0.25) is 0 Å². The Morgan fingerprint density at radius 1 is 1.00 bits per heavy atom. The van der Waals surface area contributed by atoms with Crippen LogP contribution in [0, 0.1) is 11.8 Å². The van der Waals surface area contributed by atoms with Crippen LogP contribution in [-0.2, 0) is 29.1 Å². The molecule has 0 radical (unpaired) electrons. The molecule has 0 saturated carbocycles. The lowest BCUT2D eigenvalue weighted by atomic mass is 9.86. The average molecular weight is 656 g/mol. The van der Waals surface area contributed by atoms with Gasteiger partial charge < -0.3 is 20.3 Å². The SMILES string of the molecule is CCC[C@@H](CC[C@H](Cc1ccccc1)NC(=O)OCc1cncs1)CC(=O)[C@@H](NC(=O)N(C)Cc1csc(C(C)C)n1)C(C)C. The zero-order valence-electron chi connectivity index (χ0n) is 27.5. The van der Waals surface area contributed by atoms with Crippen molar-refractivity contribution in [1.82, 2.24) is 25.5 Å². The minimum Gasteiger partial charge on any atom is -0.444 e. The Kier molecular flexibility index (Phi) is 15.0. The lowest BCUT2D eigenvalue weighted by Crippen LogP contribution is -2.49. The lowest BCUT2D eigenvalue weighted by molar-refractivity contribution is -0.122. The maximum Gasteiger partial charge on any atom is 0.407 e. The van der Waals surface area contributed by atoms with Crippen molar-refractivity contribution in [1.29, 1.82) is 0 Å². The minimum atomic E-state index is -0.582. The number of hydrogen-bond donors (Lipinski definition) is 2. The van der Waals surface area contributed by atoms with Crippen molar-refractivity contribution >= 4 is 40.6 Å². The fourth-order valence-corrected chi connectivity index (χ4v) is 6.56. The average Bonchev–Trinajstić information content (AvgIpc) is 3.70. The largest absolute Gasteiger partial charge is 0.444 e. The fourth-order valence-electron chi connectivity index (χ4n) is 5.22. The number of rotatable bonds is 18. The van der Waals surface area contributed by atoms with Crippen molar-refractivity contribution in [3.05, 3.63) is 68.6 Å². The molecule has 2 aromatic heterocycles. The summed E-state index contributed by atoms with van der Waals surface area (Å²) >= 11 is 3.05. The zero-order chi connectivity index (χ0) is 32.8. The van der Waals surface area contributed by atoms with E-state index in [-0.39, 0.29) is 36.3 Å². The van der Waals surface area contributed by atoms with Crippen LogP contribution in [0.15, 0.2) is 47.4 Å². The Balaban J connectivity index is 1.59. The Morgan fingerprint density at radius 2 is 1.76 bits per heavy atom. The van der Waals surface area contributed by atoms with Crippen LogP contribution in [0.1, 0.15) is 93.8 Å². The van der Waals surface area contributed by atoms with E-state index in [1.54, 1.807) is 35.0 Å². The van der Waals surface area contributed by atoms with Gasteiger partial charge in [0.15, 0.2) is 5.78 Å². The number of urea groups is 1. The van der Waals surface area contributed by atoms with Gasteiger partial charge in [-0.3, -0.25) is 9.78 Å². The van der Waals surface area contributed by atoms with E-state index >= 15 is 0 Å². The Hall–Kier alpha value is -3.31. The van der Waals surface area contributed by atoms with Crippen LogP contribution in [-0.4, -0.2) is 51.9 Å². The van der Waals surface area contributed by atoms with Gasteiger partial charge in [0.1, 0.15) is 6.61 Å². The molecule has 0 aliphatic heterocycles. The van der Waals surface area contributed by atoms with Gasteiger partial charge in [-0.15, -0.1) is 22.7 Å². The van der Waals surface area contributed by atoms with Gasteiger partial charge >= 0.3 is 12.1 Å². The van der Waals surface area contributed by atoms with Crippen molar-refractivity contribution in [2.24, 2.45) is 11.8 Å². The molecular weight excluding hydrogens is 607 g/mol. The molecule has 3 rings (SSSR count). The highest BCUT2D eigenvalue weighted by Gasteiger charge is 2.28. The van der Waals surface area contributed by atoms with Gasteiger partial charge in [0.25, 0.3) is 0 Å². The van der Waals surface area contributed by atoms with E-state index < -0.39 is 12.1 Å². The number of ether oxygens (including phenoxy) is 1. The zero-order valence-corrected chi connectivity index (χ0v) is 29.1. The second kappa shape index (κ2) is 18.6. The van der Waals surface area contributed by atoms with Crippen LogP contribution in [0.3, 0.4) is 0 Å². The molecule has 0 bridgehead atoms. The van der Waals surface area contributed by atoms with E-state index in [9.17, 15) is 14.4 Å². The third-order valence-corrected chi connectivity index (χ3v) is 9.64. The number of carbonyl (C=O) groups excluding carboxylic acids is 3. The van der Waals surface area contributed by atoms with Gasteiger partial charge in [0.05, 0.1) is 33.7 Å². The van der Waals surface area contributed by atoms with E-state index in [4.69, 9.17) is 4.74 Å². The van der Waals surface area contributed by atoms with Gasteiger partial charge in [-0.25, -0.2) is 14.6 Å². The number of alkyl carbamates (subject to hydrolysis) is 1. The van der Waals surface area contributed by atoms with E-state index in [1.165, 1.54) is 11.3 Å². The topological polar surface area (TPSA) is 114 Å². The summed E-state index contributed by atoms with van der Waals surface area (Å²) in [7, 11) is 1.73. The summed E-state index contributed by atoms with van der Waals surface area (Å²) in [5, 5.41) is 9.09. The molecular formula is C34H49N5O4S2. The molecule has 3 amide bonds. The normalized spacial score (nSPS) is 13.3. The maximum absolute atomic E-state index is 13.6. The summed E-state index contributed by atoms with van der Waals surface area (Å²) in [6.45, 7) is 10.8. The molecule has 3 atom stereocenters. The molecule has 2 N–H and O–H groups in total. The molecule has 0 fully saturated rings. The first-order valence-corrected chi connectivity index (χ1v) is 17.6. The Morgan fingerprint density at radius 3 is 2.38 bits per heavy atom.